The summed E-state index contributed by atoms with van der Waals surface area (Å²) in [5.41, 5.74) is 0.669. The molecule has 1 aliphatic heterocycles. The summed E-state index contributed by atoms with van der Waals surface area (Å²) >= 11 is 2.95. The first-order valence-corrected chi connectivity index (χ1v) is 9.22. The van der Waals surface area contributed by atoms with Crippen molar-refractivity contribution in [3.8, 4) is 0 Å². The van der Waals surface area contributed by atoms with Crippen molar-refractivity contribution in [3.63, 3.8) is 0 Å². The lowest BCUT2D eigenvalue weighted by molar-refractivity contribution is -0.131. The molecule has 1 unspecified atom stereocenters. The van der Waals surface area contributed by atoms with Crippen molar-refractivity contribution in [2.24, 2.45) is 0 Å². The largest absolute Gasteiger partial charge is 0.337 e. The van der Waals surface area contributed by atoms with E-state index in [2.05, 4.69) is 17.2 Å². The average molecular weight is 375 g/mol. The van der Waals surface area contributed by atoms with Crippen LogP contribution in [0.1, 0.15) is 12.6 Å². The lowest BCUT2D eigenvalue weighted by Crippen LogP contribution is -2.52. The molecule has 2 aromatic heterocycles. The molecule has 3 heterocycles. The van der Waals surface area contributed by atoms with Crippen molar-refractivity contribution in [1.82, 2.24) is 19.6 Å². The number of piperazine rings is 1. The minimum absolute atomic E-state index is 0. The van der Waals surface area contributed by atoms with Crippen molar-refractivity contribution < 1.29 is 4.79 Å². The molecule has 126 valence electrons. The number of aromatic nitrogens is 2. The minimum atomic E-state index is -0.0658. The molecule has 1 aliphatic rings. The van der Waals surface area contributed by atoms with Gasteiger partial charge in [-0.1, -0.05) is 0 Å². The predicted molar refractivity (Wildman–Crippen MR) is 96.8 cm³/mol. The zero-order valence-electron chi connectivity index (χ0n) is 12.7. The fraction of sp³-hybridized carbons (Fsp3) is 0.500. The van der Waals surface area contributed by atoms with E-state index in [1.165, 1.54) is 27.5 Å². The number of nitrogens with one attached hydrogen (secondary N) is 1. The molecule has 0 bridgehead atoms. The van der Waals surface area contributed by atoms with Gasteiger partial charge in [-0.3, -0.25) is 14.0 Å². The fourth-order valence-corrected chi connectivity index (χ4v) is 4.04. The maximum absolute atomic E-state index is 12.2. The monoisotopic (exact) mass is 374 g/mol. The third-order valence-corrected chi connectivity index (χ3v) is 5.36. The minimum Gasteiger partial charge on any atom is -0.337 e. The molecule has 6 nitrogen and oxygen atoms in total. The molecule has 9 heteroatoms. The van der Waals surface area contributed by atoms with Crippen LogP contribution in [0.2, 0.25) is 0 Å². The van der Waals surface area contributed by atoms with E-state index in [1.54, 1.807) is 12.3 Å². The van der Waals surface area contributed by atoms with E-state index in [0.717, 1.165) is 25.3 Å². The highest BCUT2D eigenvalue weighted by Crippen LogP contribution is 2.14. The number of hydrogen-bond acceptors (Lipinski definition) is 6. The molecule has 0 saturated carbocycles. The smallest absolute Gasteiger partial charge is 0.258 e. The van der Waals surface area contributed by atoms with E-state index in [0.29, 0.717) is 16.5 Å². The Hall–Kier alpha value is -1.09. The molecule has 3 rings (SSSR count). The number of fused-ring (bicyclic) bond motifs is 1. The summed E-state index contributed by atoms with van der Waals surface area (Å²) in [6.45, 7) is 4.53. The molecule has 1 fully saturated rings. The maximum Gasteiger partial charge on any atom is 0.258 e. The van der Waals surface area contributed by atoms with E-state index in [9.17, 15) is 9.59 Å². The SMILES string of the molecule is CC1CNCCN1C(=O)CSCc1cc(=O)n2ccsc2n1.Cl. The molecule has 2 aromatic rings. The maximum atomic E-state index is 12.2. The number of thioether (sulfide) groups is 1. The number of carbonyl (C=O) groups is 1. The predicted octanol–water partition coefficient (Wildman–Crippen LogP) is 1.23. The van der Waals surface area contributed by atoms with Gasteiger partial charge < -0.3 is 10.2 Å². The zero-order valence-corrected chi connectivity index (χ0v) is 15.2. The zero-order chi connectivity index (χ0) is 15.5. The van der Waals surface area contributed by atoms with Crippen LogP contribution in [0, 0.1) is 0 Å². The number of carbonyl (C=O) groups excluding carboxylic acids is 1. The highest BCUT2D eigenvalue weighted by Gasteiger charge is 2.22. The van der Waals surface area contributed by atoms with Crippen LogP contribution in [-0.2, 0) is 10.5 Å². The second-order valence-electron chi connectivity index (χ2n) is 5.27. The number of hydrogen-bond donors (Lipinski definition) is 1. The summed E-state index contributed by atoms with van der Waals surface area (Å²) < 4.78 is 1.53. The molecule has 1 saturated heterocycles. The van der Waals surface area contributed by atoms with Crippen LogP contribution in [0.4, 0.5) is 0 Å². The van der Waals surface area contributed by atoms with Gasteiger partial charge in [-0.05, 0) is 6.92 Å². The molecular formula is C14H19ClN4O2S2. The van der Waals surface area contributed by atoms with Crippen LogP contribution in [0.25, 0.3) is 4.96 Å². The Morgan fingerprint density at radius 3 is 3.17 bits per heavy atom. The number of nitrogens with zero attached hydrogens (tertiary/aromatic N) is 3. The summed E-state index contributed by atoms with van der Waals surface area (Å²) in [5, 5.41) is 5.12. The van der Waals surface area contributed by atoms with Crippen molar-refractivity contribution >= 4 is 46.4 Å². The summed E-state index contributed by atoms with van der Waals surface area (Å²) in [5.74, 6) is 1.17. The molecule has 1 N–H and O–H groups in total. The van der Waals surface area contributed by atoms with Crippen LogP contribution in [0.15, 0.2) is 22.4 Å². The van der Waals surface area contributed by atoms with E-state index in [-0.39, 0.29) is 29.9 Å². The molecule has 0 spiro atoms. The summed E-state index contributed by atoms with van der Waals surface area (Å²) in [6.07, 6.45) is 1.72. The third kappa shape index (κ3) is 4.26. The first kappa shape index (κ1) is 18.3. The Morgan fingerprint density at radius 2 is 2.39 bits per heavy atom. The van der Waals surface area contributed by atoms with Gasteiger partial charge in [0.15, 0.2) is 4.96 Å². The standard InChI is InChI=1S/C14H18N4O2S2.ClH/c1-10-7-15-2-3-17(10)13(20)9-21-8-11-6-12(19)18-4-5-22-14(18)16-11;/h4-6,10,15H,2-3,7-9H2,1H3;1H. The number of amides is 1. The van der Waals surface area contributed by atoms with E-state index >= 15 is 0 Å². The quantitative estimate of drug-likeness (QED) is 0.871. The van der Waals surface area contributed by atoms with Gasteiger partial charge in [-0.15, -0.1) is 35.5 Å². The summed E-state index contributed by atoms with van der Waals surface area (Å²) in [6, 6.07) is 1.79. The molecule has 0 aliphatic carbocycles. The first-order chi connectivity index (χ1) is 10.6. The molecular weight excluding hydrogens is 356 g/mol. The van der Waals surface area contributed by atoms with Crippen LogP contribution in [-0.4, -0.2) is 51.6 Å². The summed E-state index contributed by atoms with van der Waals surface area (Å²) in [7, 11) is 0. The van der Waals surface area contributed by atoms with Crippen molar-refractivity contribution in [3.05, 3.63) is 33.7 Å². The Balaban J connectivity index is 0.00000192. The number of rotatable bonds is 4. The second kappa shape index (κ2) is 8.14. The molecule has 1 amide bonds. The van der Waals surface area contributed by atoms with Crippen molar-refractivity contribution in [2.75, 3.05) is 25.4 Å². The highest BCUT2D eigenvalue weighted by molar-refractivity contribution is 7.99. The van der Waals surface area contributed by atoms with Crippen molar-refractivity contribution in [2.45, 2.75) is 18.7 Å². The average Bonchev–Trinajstić information content (AvgIpc) is 2.96. The topological polar surface area (TPSA) is 66.7 Å². The Kier molecular flexibility index (Phi) is 6.46. The Bertz CT molecular complexity index is 733. The van der Waals surface area contributed by atoms with Crippen LogP contribution in [0.5, 0.6) is 0 Å². The molecule has 1 atom stereocenters. The first-order valence-electron chi connectivity index (χ1n) is 7.19. The van der Waals surface area contributed by atoms with Gasteiger partial charge in [-0.2, -0.15) is 0 Å². The fourth-order valence-electron chi connectivity index (χ4n) is 2.50. The van der Waals surface area contributed by atoms with Gasteiger partial charge >= 0.3 is 0 Å². The lowest BCUT2D eigenvalue weighted by atomic mass is 10.2. The Morgan fingerprint density at radius 1 is 1.57 bits per heavy atom. The molecule has 0 aromatic carbocycles. The highest BCUT2D eigenvalue weighted by atomic mass is 35.5. The van der Waals surface area contributed by atoms with Crippen molar-refractivity contribution in [1.29, 1.82) is 0 Å². The van der Waals surface area contributed by atoms with Gasteiger partial charge in [0.2, 0.25) is 5.91 Å². The van der Waals surface area contributed by atoms with Gasteiger partial charge in [0.05, 0.1) is 11.4 Å². The van der Waals surface area contributed by atoms with E-state index < -0.39 is 0 Å². The van der Waals surface area contributed by atoms with Crippen LogP contribution < -0.4 is 10.9 Å². The Labute approximate surface area is 148 Å². The number of halogens is 1. The van der Waals surface area contributed by atoms with Gasteiger partial charge in [0, 0.05) is 49.1 Å². The van der Waals surface area contributed by atoms with Crippen LogP contribution in [0.3, 0.4) is 0 Å². The van der Waals surface area contributed by atoms with Gasteiger partial charge in [-0.25, -0.2) is 4.98 Å². The third-order valence-electron chi connectivity index (χ3n) is 3.65. The van der Waals surface area contributed by atoms with Gasteiger partial charge in [0.25, 0.3) is 5.56 Å². The second-order valence-corrected chi connectivity index (χ2v) is 7.13. The van der Waals surface area contributed by atoms with Crippen LogP contribution >= 0.6 is 35.5 Å². The number of thiazole rings is 1. The summed E-state index contributed by atoms with van der Waals surface area (Å²) in [4.78, 5) is 31.2. The van der Waals surface area contributed by atoms with E-state index in [4.69, 9.17) is 0 Å². The van der Waals surface area contributed by atoms with Gasteiger partial charge in [0.1, 0.15) is 0 Å². The molecule has 0 radical (unpaired) electrons. The lowest BCUT2D eigenvalue weighted by Gasteiger charge is -2.33. The molecule has 23 heavy (non-hydrogen) atoms. The van der Waals surface area contributed by atoms with E-state index in [1.807, 2.05) is 10.3 Å². The normalized spacial score (nSPS) is 18.0.